The monoisotopic (exact) mass is 283 g/mol. The first-order valence-electron chi connectivity index (χ1n) is 5.85. The van der Waals surface area contributed by atoms with Crippen LogP contribution in [0.15, 0.2) is 24.3 Å². The van der Waals surface area contributed by atoms with Crippen molar-refractivity contribution in [2.45, 2.75) is 6.04 Å². The highest BCUT2D eigenvalue weighted by Gasteiger charge is 2.20. The fourth-order valence-corrected chi connectivity index (χ4v) is 1.38. The Kier molecular flexibility index (Phi) is 6.31. The largest absolute Gasteiger partial charge is 0.497 e. The van der Waals surface area contributed by atoms with Crippen LogP contribution >= 0.6 is 0 Å². The van der Waals surface area contributed by atoms with E-state index in [1.54, 1.807) is 31.4 Å². The molecule has 7 heteroatoms. The minimum absolute atomic E-state index is 0.278. The van der Waals surface area contributed by atoms with E-state index in [2.05, 4.69) is 10.1 Å². The van der Waals surface area contributed by atoms with Gasteiger partial charge in [0, 0.05) is 0 Å². The molecule has 0 unspecified atom stereocenters. The average molecular weight is 283 g/mol. The number of amides is 1. The number of ether oxygens (including phenoxy) is 3. The van der Waals surface area contributed by atoms with Gasteiger partial charge in [-0.3, -0.25) is 4.79 Å². The molecule has 0 heterocycles. The van der Waals surface area contributed by atoms with Crippen molar-refractivity contribution >= 4 is 11.9 Å². The molecule has 0 spiro atoms. The molecule has 0 saturated heterocycles. The van der Waals surface area contributed by atoms with E-state index in [4.69, 9.17) is 14.6 Å². The number of nitrogens with one attached hydrogen (secondary N) is 1. The van der Waals surface area contributed by atoms with Crippen LogP contribution in [0.1, 0.15) is 0 Å². The Morgan fingerprint density at radius 2 is 1.80 bits per heavy atom. The van der Waals surface area contributed by atoms with Crippen LogP contribution in [0.4, 0.5) is 0 Å². The van der Waals surface area contributed by atoms with Crippen molar-refractivity contribution in [1.82, 2.24) is 5.32 Å². The number of esters is 1. The first kappa shape index (κ1) is 15.8. The number of hydrogen-bond donors (Lipinski definition) is 2. The second-order valence-electron chi connectivity index (χ2n) is 3.79. The van der Waals surface area contributed by atoms with Crippen LogP contribution in [0.2, 0.25) is 0 Å². The number of aliphatic hydroxyl groups is 1. The van der Waals surface area contributed by atoms with Gasteiger partial charge in [-0.15, -0.1) is 0 Å². The lowest BCUT2D eigenvalue weighted by Gasteiger charge is -2.14. The number of carbonyl (C=O) groups is 2. The summed E-state index contributed by atoms with van der Waals surface area (Å²) in [6.45, 7) is -0.819. The molecule has 1 amide bonds. The van der Waals surface area contributed by atoms with Gasteiger partial charge in [0.25, 0.3) is 5.91 Å². The Hall–Kier alpha value is -2.28. The number of benzene rings is 1. The molecule has 110 valence electrons. The number of aliphatic hydroxyl groups excluding tert-OH is 1. The van der Waals surface area contributed by atoms with Gasteiger partial charge in [-0.1, -0.05) is 0 Å². The minimum atomic E-state index is -1.09. The molecule has 0 aliphatic rings. The maximum atomic E-state index is 11.5. The lowest BCUT2D eigenvalue weighted by molar-refractivity contribution is -0.146. The molecule has 0 bridgehead atoms. The van der Waals surface area contributed by atoms with Gasteiger partial charge >= 0.3 is 5.97 Å². The molecule has 1 aromatic carbocycles. The Labute approximate surface area is 116 Å². The van der Waals surface area contributed by atoms with Gasteiger partial charge in [-0.2, -0.15) is 0 Å². The van der Waals surface area contributed by atoms with Crippen LogP contribution in [0, 0.1) is 0 Å². The maximum Gasteiger partial charge on any atom is 0.330 e. The van der Waals surface area contributed by atoms with Crippen LogP contribution in [-0.2, 0) is 14.3 Å². The van der Waals surface area contributed by atoms with E-state index >= 15 is 0 Å². The van der Waals surface area contributed by atoms with E-state index < -0.39 is 24.5 Å². The van der Waals surface area contributed by atoms with Gasteiger partial charge in [-0.25, -0.2) is 4.79 Å². The molecule has 1 atom stereocenters. The van der Waals surface area contributed by atoms with Gasteiger partial charge < -0.3 is 24.6 Å². The average Bonchev–Trinajstić information content (AvgIpc) is 2.50. The molecule has 2 N–H and O–H groups in total. The van der Waals surface area contributed by atoms with Crippen LogP contribution < -0.4 is 14.8 Å². The van der Waals surface area contributed by atoms with E-state index in [0.717, 1.165) is 0 Å². The Morgan fingerprint density at radius 3 is 2.30 bits per heavy atom. The fraction of sp³-hybridized carbons (Fsp3) is 0.385. The zero-order chi connectivity index (χ0) is 15.0. The molecule has 7 nitrogen and oxygen atoms in total. The first-order valence-corrected chi connectivity index (χ1v) is 5.85. The van der Waals surface area contributed by atoms with Crippen LogP contribution in [0.3, 0.4) is 0 Å². The van der Waals surface area contributed by atoms with E-state index in [9.17, 15) is 9.59 Å². The van der Waals surface area contributed by atoms with Gasteiger partial charge in [0.1, 0.15) is 11.5 Å². The summed E-state index contributed by atoms with van der Waals surface area (Å²) in [5.41, 5.74) is 0. The second kappa shape index (κ2) is 8.00. The SMILES string of the molecule is COC(=O)[C@H](CO)NC(=O)COc1ccc(OC)cc1. The third-order valence-corrected chi connectivity index (χ3v) is 2.43. The van der Waals surface area contributed by atoms with E-state index in [-0.39, 0.29) is 6.61 Å². The normalized spacial score (nSPS) is 11.3. The van der Waals surface area contributed by atoms with Crippen molar-refractivity contribution in [3.8, 4) is 11.5 Å². The zero-order valence-electron chi connectivity index (χ0n) is 11.3. The summed E-state index contributed by atoms with van der Waals surface area (Å²) < 4.78 is 14.6. The predicted molar refractivity (Wildman–Crippen MR) is 69.5 cm³/mol. The predicted octanol–water partition coefficient (Wildman–Crippen LogP) is -0.276. The van der Waals surface area contributed by atoms with Gasteiger partial charge in [0.2, 0.25) is 0 Å². The Bertz CT molecular complexity index is 445. The molecule has 0 aliphatic carbocycles. The highest BCUT2D eigenvalue weighted by atomic mass is 16.5. The molecule has 0 fully saturated rings. The number of hydrogen-bond acceptors (Lipinski definition) is 6. The third kappa shape index (κ3) is 4.77. The summed E-state index contributed by atoms with van der Waals surface area (Å²) in [6.07, 6.45) is 0. The molecular formula is C13H17NO6. The minimum Gasteiger partial charge on any atom is -0.497 e. The van der Waals surface area contributed by atoms with Crippen molar-refractivity contribution in [2.75, 3.05) is 27.4 Å². The molecule has 1 rings (SSSR count). The van der Waals surface area contributed by atoms with Gasteiger partial charge in [-0.05, 0) is 24.3 Å². The molecule has 0 saturated carbocycles. The molecule has 0 aliphatic heterocycles. The standard InChI is InChI=1S/C13H17NO6/c1-18-9-3-5-10(6-4-9)20-8-12(16)14-11(7-15)13(17)19-2/h3-6,11,15H,7-8H2,1-2H3,(H,14,16)/t11-/m0/s1. The fourth-order valence-electron chi connectivity index (χ4n) is 1.38. The summed E-state index contributed by atoms with van der Waals surface area (Å²) >= 11 is 0. The third-order valence-electron chi connectivity index (χ3n) is 2.43. The smallest absolute Gasteiger partial charge is 0.330 e. The van der Waals surface area contributed by atoms with Crippen LogP contribution in [-0.4, -0.2) is 50.5 Å². The summed E-state index contributed by atoms with van der Waals surface area (Å²) in [7, 11) is 2.72. The Balaban J connectivity index is 2.43. The topological polar surface area (TPSA) is 94.1 Å². The van der Waals surface area contributed by atoms with Crippen molar-refractivity contribution in [3.05, 3.63) is 24.3 Å². The molecule has 0 aromatic heterocycles. The van der Waals surface area contributed by atoms with Crippen LogP contribution in [0.25, 0.3) is 0 Å². The number of carbonyl (C=O) groups excluding carboxylic acids is 2. The molecular weight excluding hydrogens is 266 g/mol. The quantitative estimate of drug-likeness (QED) is 0.669. The van der Waals surface area contributed by atoms with Crippen molar-refractivity contribution in [2.24, 2.45) is 0 Å². The first-order chi connectivity index (χ1) is 9.60. The maximum absolute atomic E-state index is 11.5. The van der Waals surface area contributed by atoms with E-state index in [0.29, 0.717) is 11.5 Å². The van der Waals surface area contributed by atoms with Crippen molar-refractivity contribution < 1.29 is 28.9 Å². The lowest BCUT2D eigenvalue weighted by Crippen LogP contribution is -2.45. The molecule has 1 aromatic rings. The Morgan fingerprint density at radius 1 is 1.20 bits per heavy atom. The van der Waals surface area contributed by atoms with Crippen molar-refractivity contribution in [1.29, 1.82) is 0 Å². The van der Waals surface area contributed by atoms with E-state index in [1.807, 2.05) is 0 Å². The number of methoxy groups -OCH3 is 2. The van der Waals surface area contributed by atoms with E-state index in [1.165, 1.54) is 7.11 Å². The molecule has 0 radical (unpaired) electrons. The number of rotatable bonds is 7. The van der Waals surface area contributed by atoms with Crippen molar-refractivity contribution in [3.63, 3.8) is 0 Å². The highest BCUT2D eigenvalue weighted by Crippen LogP contribution is 2.16. The zero-order valence-corrected chi connectivity index (χ0v) is 11.3. The highest BCUT2D eigenvalue weighted by molar-refractivity contribution is 5.85. The van der Waals surface area contributed by atoms with Crippen LogP contribution in [0.5, 0.6) is 11.5 Å². The second-order valence-corrected chi connectivity index (χ2v) is 3.79. The van der Waals surface area contributed by atoms with Gasteiger partial charge in [0.15, 0.2) is 12.6 Å². The summed E-state index contributed by atoms with van der Waals surface area (Å²) in [5, 5.41) is 11.2. The summed E-state index contributed by atoms with van der Waals surface area (Å²) in [6, 6.07) is 5.59. The lowest BCUT2D eigenvalue weighted by atomic mass is 10.3. The summed E-state index contributed by atoms with van der Waals surface area (Å²) in [5.74, 6) is -0.0945. The molecule has 20 heavy (non-hydrogen) atoms. The van der Waals surface area contributed by atoms with Gasteiger partial charge in [0.05, 0.1) is 20.8 Å². The summed E-state index contributed by atoms with van der Waals surface area (Å²) in [4.78, 5) is 22.7.